The number of nitrogens with one attached hydrogen (secondary N) is 2. The number of nitrogens with zero attached hydrogens (tertiary/aromatic N) is 1. The molecule has 88 valence electrons. The lowest BCUT2D eigenvalue weighted by Crippen LogP contribution is -2.28. The van der Waals surface area contributed by atoms with E-state index in [1.807, 2.05) is 40.0 Å². The summed E-state index contributed by atoms with van der Waals surface area (Å²) >= 11 is 0. The maximum absolute atomic E-state index is 11.8. The van der Waals surface area contributed by atoms with Crippen LogP contribution in [-0.4, -0.2) is 24.5 Å². The van der Waals surface area contributed by atoms with E-state index in [4.69, 9.17) is 0 Å². The minimum Gasteiger partial charge on any atom is -0.324 e. The fourth-order valence-corrected chi connectivity index (χ4v) is 1.47. The van der Waals surface area contributed by atoms with E-state index in [-0.39, 0.29) is 11.8 Å². The van der Waals surface area contributed by atoms with Crippen molar-refractivity contribution in [1.82, 2.24) is 10.3 Å². The Morgan fingerprint density at radius 1 is 1.44 bits per heavy atom. The molecule has 1 aromatic rings. The van der Waals surface area contributed by atoms with Gasteiger partial charge < -0.3 is 10.6 Å². The lowest BCUT2D eigenvalue weighted by Gasteiger charge is -2.13. The number of rotatable bonds is 4. The van der Waals surface area contributed by atoms with Gasteiger partial charge in [-0.1, -0.05) is 6.92 Å². The smallest absolute Gasteiger partial charge is 0.228 e. The van der Waals surface area contributed by atoms with Gasteiger partial charge in [0.15, 0.2) is 0 Å². The molecule has 1 heterocycles. The SMILES string of the molecule is CNCC(C)C(=O)Nc1ccc(C)nc1C. The molecule has 0 aromatic carbocycles. The van der Waals surface area contributed by atoms with Gasteiger partial charge in [-0.15, -0.1) is 0 Å². The number of anilines is 1. The van der Waals surface area contributed by atoms with E-state index in [1.165, 1.54) is 0 Å². The van der Waals surface area contributed by atoms with Crippen LogP contribution in [0.25, 0.3) is 0 Å². The maximum Gasteiger partial charge on any atom is 0.228 e. The largest absolute Gasteiger partial charge is 0.324 e. The summed E-state index contributed by atoms with van der Waals surface area (Å²) in [5.74, 6) is -0.0335. The number of aryl methyl sites for hydroxylation is 2. The standard InChI is InChI=1S/C12H19N3O/c1-8(7-13-4)12(16)15-11-6-5-9(2)14-10(11)3/h5-6,8,13H,7H2,1-4H3,(H,15,16). The second-order valence-electron chi connectivity index (χ2n) is 4.03. The molecule has 1 unspecified atom stereocenters. The maximum atomic E-state index is 11.8. The first-order valence-corrected chi connectivity index (χ1v) is 5.44. The Balaban J connectivity index is 2.69. The number of hydrogen-bond donors (Lipinski definition) is 2. The van der Waals surface area contributed by atoms with E-state index < -0.39 is 0 Å². The fourth-order valence-electron chi connectivity index (χ4n) is 1.47. The van der Waals surface area contributed by atoms with Crippen LogP contribution in [-0.2, 0) is 4.79 Å². The summed E-state index contributed by atoms with van der Waals surface area (Å²) in [4.78, 5) is 16.1. The van der Waals surface area contributed by atoms with Crippen molar-refractivity contribution in [2.45, 2.75) is 20.8 Å². The monoisotopic (exact) mass is 221 g/mol. The molecule has 0 aliphatic heterocycles. The first kappa shape index (κ1) is 12.6. The highest BCUT2D eigenvalue weighted by molar-refractivity contribution is 5.92. The number of aromatic nitrogens is 1. The average molecular weight is 221 g/mol. The third-order valence-electron chi connectivity index (χ3n) is 2.44. The molecule has 0 fully saturated rings. The molecule has 4 heteroatoms. The van der Waals surface area contributed by atoms with Crippen LogP contribution in [0.2, 0.25) is 0 Å². The van der Waals surface area contributed by atoms with Crippen LogP contribution >= 0.6 is 0 Å². The zero-order valence-corrected chi connectivity index (χ0v) is 10.3. The van der Waals surface area contributed by atoms with Crippen molar-refractivity contribution in [3.8, 4) is 0 Å². The van der Waals surface area contributed by atoms with E-state index in [0.717, 1.165) is 17.1 Å². The molecule has 0 bridgehead atoms. The van der Waals surface area contributed by atoms with Gasteiger partial charge in [0.2, 0.25) is 5.91 Å². The molecular formula is C12H19N3O. The van der Waals surface area contributed by atoms with Crippen molar-refractivity contribution in [2.75, 3.05) is 18.9 Å². The van der Waals surface area contributed by atoms with Gasteiger partial charge in [-0.2, -0.15) is 0 Å². The molecule has 1 aromatic heterocycles. The molecule has 0 radical (unpaired) electrons. The Morgan fingerprint density at radius 3 is 2.69 bits per heavy atom. The third kappa shape index (κ3) is 3.31. The summed E-state index contributed by atoms with van der Waals surface area (Å²) in [7, 11) is 1.84. The Labute approximate surface area is 96.5 Å². The number of amides is 1. The molecule has 4 nitrogen and oxygen atoms in total. The molecule has 0 spiro atoms. The lowest BCUT2D eigenvalue weighted by atomic mass is 10.1. The quantitative estimate of drug-likeness (QED) is 0.810. The van der Waals surface area contributed by atoms with E-state index in [9.17, 15) is 4.79 Å². The molecule has 0 aliphatic rings. The third-order valence-corrected chi connectivity index (χ3v) is 2.44. The summed E-state index contributed by atoms with van der Waals surface area (Å²) in [6.45, 7) is 6.39. The lowest BCUT2D eigenvalue weighted by molar-refractivity contribution is -0.119. The fraction of sp³-hybridized carbons (Fsp3) is 0.500. The first-order chi connectivity index (χ1) is 7.54. The zero-order chi connectivity index (χ0) is 12.1. The molecule has 2 N–H and O–H groups in total. The van der Waals surface area contributed by atoms with Crippen LogP contribution in [0.1, 0.15) is 18.3 Å². The minimum atomic E-state index is -0.0503. The normalized spacial score (nSPS) is 12.2. The summed E-state index contributed by atoms with van der Waals surface area (Å²) in [5.41, 5.74) is 2.60. The van der Waals surface area contributed by atoms with Crippen molar-refractivity contribution in [2.24, 2.45) is 5.92 Å². The molecular weight excluding hydrogens is 202 g/mol. The summed E-state index contributed by atoms with van der Waals surface area (Å²) in [6, 6.07) is 3.78. The summed E-state index contributed by atoms with van der Waals surface area (Å²) in [5, 5.41) is 5.86. The Hall–Kier alpha value is -1.42. The summed E-state index contributed by atoms with van der Waals surface area (Å²) < 4.78 is 0. The van der Waals surface area contributed by atoms with Crippen molar-refractivity contribution in [1.29, 1.82) is 0 Å². The van der Waals surface area contributed by atoms with Gasteiger partial charge in [-0.25, -0.2) is 0 Å². The predicted molar refractivity (Wildman–Crippen MR) is 65.4 cm³/mol. The highest BCUT2D eigenvalue weighted by Crippen LogP contribution is 2.13. The van der Waals surface area contributed by atoms with Crippen molar-refractivity contribution in [3.63, 3.8) is 0 Å². The highest BCUT2D eigenvalue weighted by Gasteiger charge is 2.12. The average Bonchev–Trinajstić information content (AvgIpc) is 2.22. The van der Waals surface area contributed by atoms with Gasteiger partial charge in [0.05, 0.1) is 11.4 Å². The second kappa shape index (κ2) is 5.61. The molecule has 1 rings (SSSR count). The van der Waals surface area contributed by atoms with Gasteiger partial charge >= 0.3 is 0 Å². The number of pyridine rings is 1. The molecule has 0 saturated carbocycles. The Bertz CT molecular complexity index is 377. The van der Waals surface area contributed by atoms with Gasteiger partial charge in [-0.3, -0.25) is 9.78 Å². The van der Waals surface area contributed by atoms with Crippen molar-refractivity contribution >= 4 is 11.6 Å². The minimum absolute atomic E-state index is 0.0168. The zero-order valence-electron chi connectivity index (χ0n) is 10.3. The van der Waals surface area contributed by atoms with Gasteiger partial charge in [-0.05, 0) is 33.0 Å². The van der Waals surface area contributed by atoms with Crippen LogP contribution < -0.4 is 10.6 Å². The molecule has 16 heavy (non-hydrogen) atoms. The molecule has 0 aliphatic carbocycles. The first-order valence-electron chi connectivity index (χ1n) is 5.44. The number of carbonyl (C=O) groups excluding carboxylic acids is 1. The van der Waals surface area contributed by atoms with Crippen LogP contribution in [0.3, 0.4) is 0 Å². The number of hydrogen-bond acceptors (Lipinski definition) is 3. The molecule has 1 atom stereocenters. The number of carbonyl (C=O) groups is 1. The van der Waals surface area contributed by atoms with E-state index >= 15 is 0 Å². The molecule has 0 saturated heterocycles. The van der Waals surface area contributed by atoms with Crippen LogP contribution in [0, 0.1) is 19.8 Å². The highest BCUT2D eigenvalue weighted by atomic mass is 16.1. The predicted octanol–water partition coefficient (Wildman–Crippen LogP) is 1.49. The van der Waals surface area contributed by atoms with Gasteiger partial charge in [0.25, 0.3) is 0 Å². The van der Waals surface area contributed by atoms with Crippen LogP contribution in [0.5, 0.6) is 0 Å². The van der Waals surface area contributed by atoms with Crippen LogP contribution in [0.4, 0.5) is 5.69 Å². The summed E-state index contributed by atoms with van der Waals surface area (Å²) in [6.07, 6.45) is 0. The Morgan fingerprint density at radius 2 is 2.12 bits per heavy atom. The van der Waals surface area contributed by atoms with Crippen molar-refractivity contribution in [3.05, 3.63) is 23.5 Å². The van der Waals surface area contributed by atoms with Gasteiger partial charge in [0, 0.05) is 18.2 Å². The van der Waals surface area contributed by atoms with E-state index in [0.29, 0.717) is 6.54 Å². The van der Waals surface area contributed by atoms with E-state index in [1.54, 1.807) is 0 Å². The van der Waals surface area contributed by atoms with Crippen LogP contribution in [0.15, 0.2) is 12.1 Å². The van der Waals surface area contributed by atoms with E-state index in [2.05, 4.69) is 15.6 Å². The van der Waals surface area contributed by atoms with Gasteiger partial charge in [0.1, 0.15) is 0 Å². The Kier molecular flexibility index (Phi) is 4.43. The second-order valence-corrected chi connectivity index (χ2v) is 4.03. The molecule has 1 amide bonds. The van der Waals surface area contributed by atoms with Crippen molar-refractivity contribution < 1.29 is 4.79 Å². The topological polar surface area (TPSA) is 54.0 Å².